The molecule has 1 aromatic carbocycles. The van der Waals surface area contributed by atoms with Crippen molar-refractivity contribution in [3.63, 3.8) is 0 Å². The van der Waals surface area contributed by atoms with Crippen LogP contribution in [-0.4, -0.2) is 22.2 Å². The van der Waals surface area contributed by atoms with Gasteiger partial charge in [0.25, 0.3) is 5.22 Å². The average molecular weight is 290 g/mol. The van der Waals surface area contributed by atoms with Crippen molar-refractivity contribution >= 4 is 23.5 Å². The number of nitrogens with zero attached hydrogens (tertiary/aromatic N) is 2. The summed E-state index contributed by atoms with van der Waals surface area (Å²) in [5.41, 5.74) is 1.95. The number of nitriles is 1. The number of thioether (sulfide) groups is 2. The van der Waals surface area contributed by atoms with Crippen LogP contribution in [0.5, 0.6) is 0 Å². The topological polar surface area (TPSA) is 49.8 Å². The lowest BCUT2D eigenvalue weighted by Gasteiger charge is -1.96. The van der Waals surface area contributed by atoms with E-state index < -0.39 is 0 Å². The second-order valence-electron chi connectivity index (χ2n) is 3.78. The lowest BCUT2D eigenvalue weighted by Crippen LogP contribution is -1.85. The third kappa shape index (κ3) is 4.66. The molecule has 19 heavy (non-hydrogen) atoms. The highest BCUT2D eigenvalue weighted by atomic mass is 32.2. The van der Waals surface area contributed by atoms with Crippen LogP contribution >= 0.6 is 23.5 Å². The predicted octanol–water partition coefficient (Wildman–Crippen LogP) is 4.08. The molecule has 0 bridgehead atoms. The number of rotatable bonds is 7. The van der Waals surface area contributed by atoms with Crippen molar-refractivity contribution in [2.45, 2.75) is 11.6 Å². The highest BCUT2D eigenvalue weighted by molar-refractivity contribution is 8.00. The van der Waals surface area contributed by atoms with Gasteiger partial charge in [-0.15, -0.1) is 11.8 Å². The van der Waals surface area contributed by atoms with Gasteiger partial charge in [0.1, 0.15) is 12.0 Å². The Bertz CT molecular complexity index is 534. The van der Waals surface area contributed by atoms with Crippen molar-refractivity contribution in [1.29, 1.82) is 5.26 Å². The SMILES string of the molecule is N#CCSCCCSc1nc(-c2ccccc2)co1. The summed E-state index contributed by atoms with van der Waals surface area (Å²) in [6, 6.07) is 12.1. The molecule has 0 aliphatic rings. The minimum Gasteiger partial charge on any atom is -0.439 e. The Balaban J connectivity index is 1.77. The van der Waals surface area contributed by atoms with Crippen molar-refractivity contribution < 1.29 is 4.42 Å². The number of oxazole rings is 1. The fourth-order valence-corrected chi connectivity index (χ4v) is 3.01. The van der Waals surface area contributed by atoms with E-state index in [-0.39, 0.29) is 0 Å². The van der Waals surface area contributed by atoms with Crippen molar-refractivity contribution in [2.24, 2.45) is 0 Å². The maximum atomic E-state index is 8.41. The fourth-order valence-electron chi connectivity index (χ4n) is 1.50. The Morgan fingerprint density at radius 2 is 2.05 bits per heavy atom. The van der Waals surface area contributed by atoms with Gasteiger partial charge in [0.05, 0.1) is 11.8 Å². The first-order valence-corrected chi connectivity index (χ1v) is 8.12. The van der Waals surface area contributed by atoms with E-state index in [4.69, 9.17) is 9.68 Å². The maximum Gasteiger partial charge on any atom is 0.256 e. The summed E-state index contributed by atoms with van der Waals surface area (Å²) in [4.78, 5) is 4.45. The molecule has 0 fully saturated rings. The maximum absolute atomic E-state index is 8.41. The van der Waals surface area contributed by atoms with Crippen LogP contribution in [0.15, 0.2) is 46.2 Å². The standard InChI is InChI=1S/C14H14N2OS2/c15-7-10-18-8-4-9-19-14-16-13(11-17-14)12-5-2-1-3-6-12/h1-3,5-6,11H,4,8-10H2. The molecule has 0 N–H and O–H groups in total. The molecule has 0 aliphatic heterocycles. The van der Waals surface area contributed by atoms with Crippen molar-refractivity contribution in [3.05, 3.63) is 36.6 Å². The molecule has 0 saturated carbocycles. The van der Waals surface area contributed by atoms with Gasteiger partial charge in [-0.3, -0.25) is 0 Å². The van der Waals surface area contributed by atoms with Crippen molar-refractivity contribution in [1.82, 2.24) is 4.98 Å². The zero-order valence-electron chi connectivity index (χ0n) is 10.4. The van der Waals surface area contributed by atoms with Crippen LogP contribution in [0.25, 0.3) is 11.3 Å². The highest BCUT2D eigenvalue weighted by Crippen LogP contribution is 2.24. The van der Waals surface area contributed by atoms with E-state index in [1.165, 1.54) is 0 Å². The molecule has 0 saturated heterocycles. The van der Waals surface area contributed by atoms with E-state index in [1.54, 1.807) is 29.8 Å². The summed E-state index contributed by atoms with van der Waals surface area (Å²) in [6.07, 6.45) is 2.75. The van der Waals surface area contributed by atoms with Crippen LogP contribution in [0.2, 0.25) is 0 Å². The molecule has 2 aromatic rings. The average Bonchev–Trinajstić information content (AvgIpc) is 2.92. The Morgan fingerprint density at radius 3 is 2.84 bits per heavy atom. The van der Waals surface area contributed by atoms with Gasteiger partial charge in [-0.25, -0.2) is 4.98 Å². The molecule has 0 spiro atoms. The van der Waals surface area contributed by atoms with Gasteiger partial charge in [-0.2, -0.15) is 5.26 Å². The summed E-state index contributed by atoms with van der Waals surface area (Å²) in [5, 5.41) is 9.12. The molecule has 0 radical (unpaired) electrons. The van der Waals surface area contributed by atoms with Crippen LogP contribution in [0.1, 0.15) is 6.42 Å². The van der Waals surface area contributed by atoms with Gasteiger partial charge in [-0.1, -0.05) is 42.1 Å². The van der Waals surface area contributed by atoms with E-state index in [1.807, 2.05) is 30.3 Å². The molecular weight excluding hydrogens is 276 g/mol. The van der Waals surface area contributed by atoms with Crippen molar-refractivity contribution in [3.8, 4) is 17.3 Å². The largest absolute Gasteiger partial charge is 0.439 e. The molecule has 0 amide bonds. The highest BCUT2D eigenvalue weighted by Gasteiger charge is 2.05. The van der Waals surface area contributed by atoms with Crippen LogP contribution < -0.4 is 0 Å². The summed E-state index contributed by atoms with van der Waals surface area (Å²) in [7, 11) is 0. The molecular formula is C14H14N2OS2. The number of aromatic nitrogens is 1. The van der Waals surface area contributed by atoms with E-state index in [9.17, 15) is 0 Å². The molecule has 1 aromatic heterocycles. The lowest BCUT2D eigenvalue weighted by atomic mass is 10.2. The Morgan fingerprint density at radius 1 is 1.21 bits per heavy atom. The molecule has 0 unspecified atom stereocenters. The van der Waals surface area contributed by atoms with Gasteiger partial charge >= 0.3 is 0 Å². The third-order valence-electron chi connectivity index (χ3n) is 2.38. The van der Waals surface area contributed by atoms with Crippen LogP contribution in [0.4, 0.5) is 0 Å². The third-order valence-corrected chi connectivity index (χ3v) is 4.22. The van der Waals surface area contributed by atoms with Crippen LogP contribution in [0.3, 0.4) is 0 Å². The zero-order valence-corrected chi connectivity index (χ0v) is 12.0. The lowest BCUT2D eigenvalue weighted by molar-refractivity contribution is 0.454. The monoisotopic (exact) mass is 290 g/mol. The van der Waals surface area contributed by atoms with E-state index >= 15 is 0 Å². The van der Waals surface area contributed by atoms with Gasteiger partial charge in [0.2, 0.25) is 0 Å². The Labute approximate surface area is 121 Å². The van der Waals surface area contributed by atoms with Crippen molar-refractivity contribution in [2.75, 3.05) is 17.3 Å². The van der Waals surface area contributed by atoms with Gasteiger partial charge < -0.3 is 4.42 Å². The first kappa shape index (κ1) is 14.0. The normalized spacial score (nSPS) is 10.3. The Kier molecular flexibility index (Phi) is 5.86. The molecule has 0 atom stereocenters. The zero-order chi connectivity index (χ0) is 13.3. The van der Waals surface area contributed by atoms with Gasteiger partial charge in [0.15, 0.2) is 0 Å². The molecule has 1 heterocycles. The number of benzene rings is 1. The summed E-state index contributed by atoms with van der Waals surface area (Å²) in [5.74, 6) is 2.54. The van der Waals surface area contributed by atoms with Crippen LogP contribution in [-0.2, 0) is 0 Å². The van der Waals surface area contributed by atoms with E-state index in [0.29, 0.717) is 11.0 Å². The second-order valence-corrected chi connectivity index (χ2v) is 5.93. The predicted molar refractivity (Wildman–Crippen MR) is 80.2 cm³/mol. The summed E-state index contributed by atoms with van der Waals surface area (Å²) < 4.78 is 5.44. The minimum atomic E-state index is 0.571. The first-order chi connectivity index (χ1) is 9.40. The van der Waals surface area contributed by atoms with Gasteiger partial charge in [-0.05, 0) is 12.2 Å². The molecule has 0 aliphatic carbocycles. The second kappa shape index (κ2) is 7.93. The van der Waals surface area contributed by atoms with E-state index in [0.717, 1.165) is 29.2 Å². The summed E-state index contributed by atoms with van der Waals surface area (Å²) in [6.45, 7) is 0. The molecule has 98 valence electrons. The quantitative estimate of drug-likeness (QED) is 0.568. The Hall–Kier alpha value is -1.38. The first-order valence-electron chi connectivity index (χ1n) is 5.98. The number of hydrogen-bond acceptors (Lipinski definition) is 5. The molecule has 3 nitrogen and oxygen atoms in total. The molecule has 5 heteroatoms. The summed E-state index contributed by atoms with van der Waals surface area (Å²) >= 11 is 3.28. The van der Waals surface area contributed by atoms with E-state index in [2.05, 4.69) is 11.1 Å². The fraction of sp³-hybridized carbons (Fsp3) is 0.286. The van der Waals surface area contributed by atoms with Gasteiger partial charge in [0, 0.05) is 11.3 Å². The van der Waals surface area contributed by atoms with Crippen LogP contribution in [0, 0.1) is 11.3 Å². The smallest absolute Gasteiger partial charge is 0.256 e. The minimum absolute atomic E-state index is 0.571. The molecule has 2 rings (SSSR count). The number of hydrogen-bond donors (Lipinski definition) is 0.